The highest BCUT2D eigenvalue weighted by atomic mass is 16.6. The van der Waals surface area contributed by atoms with Gasteiger partial charge in [0, 0.05) is 25.2 Å². The molecule has 1 aliphatic rings. The number of nitrogens with one attached hydrogen (secondary N) is 1. The lowest BCUT2D eigenvalue weighted by molar-refractivity contribution is -0.134. The summed E-state index contributed by atoms with van der Waals surface area (Å²) >= 11 is 0. The van der Waals surface area contributed by atoms with E-state index in [4.69, 9.17) is 14.9 Å². The highest BCUT2D eigenvalue weighted by Gasteiger charge is 2.35. The van der Waals surface area contributed by atoms with Crippen LogP contribution in [0.15, 0.2) is 12.2 Å². The second kappa shape index (κ2) is 9.76. The Bertz CT molecular complexity index is 378. The van der Waals surface area contributed by atoms with Crippen LogP contribution in [0, 0.1) is 0 Å². The summed E-state index contributed by atoms with van der Waals surface area (Å²) in [7, 11) is 3.72. The van der Waals surface area contributed by atoms with Crippen LogP contribution in [-0.4, -0.2) is 65.9 Å². The number of aliphatic carboxylic acids is 2. The molecule has 0 aromatic rings. The average molecular weight is 302 g/mol. The quantitative estimate of drug-likeness (QED) is 0.634. The van der Waals surface area contributed by atoms with Gasteiger partial charge in [0.1, 0.15) is 0 Å². The maximum absolute atomic E-state index is 11.3. The SMILES string of the molecule is CCOC(=O)N(C)C1CCC1NC.O=C(O)C=CC(=O)O. The molecule has 0 aromatic carbocycles. The van der Waals surface area contributed by atoms with Crippen LogP contribution in [0.1, 0.15) is 19.8 Å². The summed E-state index contributed by atoms with van der Waals surface area (Å²) in [5, 5.41) is 18.8. The minimum absolute atomic E-state index is 0.215. The highest BCUT2D eigenvalue weighted by molar-refractivity contribution is 5.89. The fourth-order valence-electron chi connectivity index (χ4n) is 1.79. The second-order valence-corrected chi connectivity index (χ2v) is 4.36. The summed E-state index contributed by atoms with van der Waals surface area (Å²) in [5.41, 5.74) is 0. The molecule has 2 atom stereocenters. The van der Waals surface area contributed by atoms with Crippen LogP contribution in [0.25, 0.3) is 0 Å². The van der Waals surface area contributed by atoms with E-state index in [1.807, 2.05) is 14.0 Å². The fraction of sp³-hybridized carbons (Fsp3) is 0.615. The van der Waals surface area contributed by atoms with E-state index in [0.717, 1.165) is 12.8 Å². The van der Waals surface area contributed by atoms with Crippen molar-refractivity contribution >= 4 is 18.0 Å². The number of carbonyl (C=O) groups excluding carboxylic acids is 1. The third-order valence-electron chi connectivity index (χ3n) is 3.03. The Balaban J connectivity index is 0.000000433. The van der Waals surface area contributed by atoms with Gasteiger partial charge in [0.25, 0.3) is 0 Å². The van der Waals surface area contributed by atoms with Crippen LogP contribution < -0.4 is 5.32 Å². The Labute approximate surface area is 123 Å². The van der Waals surface area contributed by atoms with E-state index in [9.17, 15) is 14.4 Å². The standard InChI is InChI=1S/C9H18N2O2.C4H4O4/c1-4-13-9(12)11(3)8-6-5-7(8)10-2;5-3(6)1-2-4(7)8/h7-8,10H,4-6H2,1-3H3;1-2H,(H,5,6)(H,7,8). The molecule has 21 heavy (non-hydrogen) atoms. The smallest absolute Gasteiger partial charge is 0.409 e. The number of rotatable bonds is 5. The van der Waals surface area contributed by atoms with Crippen LogP contribution in [0.5, 0.6) is 0 Å². The van der Waals surface area contributed by atoms with E-state index >= 15 is 0 Å². The predicted molar refractivity (Wildman–Crippen MR) is 75.1 cm³/mol. The number of hydrogen-bond acceptors (Lipinski definition) is 5. The number of amides is 1. The molecule has 2 unspecified atom stereocenters. The molecular formula is C13H22N2O6. The van der Waals surface area contributed by atoms with Gasteiger partial charge in [0.15, 0.2) is 0 Å². The van der Waals surface area contributed by atoms with E-state index in [1.54, 1.807) is 11.9 Å². The molecule has 3 N–H and O–H groups in total. The zero-order valence-corrected chi connectivity index (χ0v) is 12.4. The third-order valence-corrected chi connectivity index (χ3v) is 3.03. The highest BCUT2D eigenvalue weighted by Crippen LogP contribution is 2.24. The first kappa shape index (κ1) is 18.9. The fourth-order valence-corrected chi connectivity index (χ4v) is 1.79. The molecule has 0 bridgehead atoms. The Morgan fingerprint density at radius 2 is 1.76 bits per heavy atom. The lowest BCUT2D eigenvalue weighted by atomic mass is 9.85. The van der Waals surface area contributed by atoms with Gasteiger partial charge in [0.05, 0.1) is 12.6 Å². The van der Waals surface area contributed by atoms with Crippen molar-refractivity contribution < 1.29 is 29.3 Å². The van der Waals surface area contributed by atoms with E-state index in [1.165, 1.54) is 0 Å². The molecule has 0 spiro atoms. The molecule has 1 rings (SSSR count). The second-order valence-electron chi connectivity index (χ2n) is 4.36. The Hall–Kier alpha value is -2.09. The van der Waals surface area contributed by atoms with Crippen molar-refractivity contribution in [2.45, 2.75) is 31.8 Å². The van der Waals surface area contributed by atoms with E-state index < -0.39 is 11.9 Å². The first-order valence-electron chi connectivity index (χ1n) is 6.54. The minimum atomic E-state index is -1.26. The van der Waals surface area contributed by atoms with Gasteiger partial charge in [0.2, 0.25) is 0 Å². The van der Waals surface area contributed by atoms with Crippen molar-refractivity contribution in [1.29, 1.82) is 0 Å². The zero-order valence-electron chi connectivity index (χ0n) is 12.4. The number of likely N-dealkylation sites (N-methyl/N-ethyl adjacent to an activating group) is 2. The van der Waals surface area contributed by atoms with E-state index in [0.29, 0.717) is 30.8 Å². The van der Waals surface area contributed by atoms with Gasteiger partial charge < -0.3 is 25.2 Å². The van der Waals surface area contributed by atoms with Crippen LogP contribution >= 0.6 is 0 Å². The summed E-state index contributed by atoms with van der Waals surface area (Å²) in [6, 6.07) is 0.749. The van der Waals surface area contributed by atoms with Crippen molar-refractivity contribution in [3.05, 3.63) is 12.2 Å². The number of ether oxygens (including phenoxy) is 1. The predicted octanol–water partition coefficient (Wildman–Crippen LogP) is 0.537. The molecular weight excluding hydrogens is 280 g/mol. The Morgan fingerprint density at radius 3 is 2.05 bits per heavy atom. The molecule has 1 fully saturated rings. The number of carboxylic acids is 2. The molecule has 0 heterocycles. The average Bonchev–Trinajstić information content (AvgIpc) is 2.36. The van der Waals surface area contributed by atoms with Gasteiger partial charge in [-0.3, -0.25) is 0 Å². The molecule has 8 nitrogen and oxygen atoms in total. The largest absolute Gasteiger partial charge is 0.478 e. The monoisotopic (exact) mass is 302 g/mol. The Morgan fingerprint density at radius 1 is 1.24 bits per heavy atom. The first-order valence-corrected chi connectivity index (χ1v) is 6.54. The Kier molecular flexibility index (Phi) is 8.79. The lowest BCUT2D eigenvalue weighted by Gasteiger charge is -2.41. The summed E-state index contributed by atoms with van der Waals surface area (Å²) in [6.45, 7) is 2.27. The van der Waals surface area contributed by atoms with Gasteiger partial charge in [-0.2, -0.15) is 0 Å². The molecule has 1 amide bonds. The van der Waals surface area contributed by atoms with Crippen LogP contribution in [0.4, 0.5) is 4.79 Å². The van der Waals surface area contributed by atoms with Crippen LogP contribution in [0.3, 0.4) is 0 Å². The van der Waals surface area contributed by atoms with Gasteiger partial charge in [-0.25, -0.2) is 14.4 Å². The lowest BCUT2D eigenvalue weighted by Crippen LogP contribution is -2.56. The third kappa shape index (κ3) is 7.31. The molecule has 0 aromatic heterocycles. The van der Waals surface area contributed by atoms with Crippen molar-refractivity contribution in [3.63, 3.8) is 0 Å². The molecule has 0 radical (unpaired) electrons. The molecule has 8 heteroatoms. The first-order chi connectivity index (χ1) is 9.83. The summed E-state index contributed by atoms with van der Waals surface area (Å²) < 4.78 is 4.91. The van der Waals surface area contributed by atoms with Gasteiger partial charge in [-0.1, -0.05) is 0 Å². The van der Waals surface area contributed by atoms with Crippen LogP contribution in [-0.2, 0) is 14.3 Å². The molecule has 120 valence electrons. The molecule has 0 saturated heterocycles. The van der Waals surface area contributed by atoms with Crippen molar-refractivity contribution in [2.75, 3.05) is 20.7 Å². The molecule has 1 saturated carbocycles. The number of carbonyl (C=O) groups is 3. The van der Waals surface area contributed by atoms with Gasteiger partial charge in [-0.15, -0.1) is 0 Å². The summed E-state index contributed by atoms with van der Waals surface area (Å²) in [5.74, 6) is -2.51. The van der Waals surface area contributed by atoms with E-state index in [-0.39, 0.29) is 6.09 Å². The van der Waals surface area contributed by atoms with Crippen molar-refractivity contribution in [1.82, 2.24) is 10.2 Å². The maximum atomic E-state index is 11.3. The minimum Gasteiger partial charge on any atom is -0.478 e. The van der Waals surface area contributed by atoms with E-state index in [2.05, 4.69) is 5.32 Å². The van der Waals surface area contributed by atoms with Crippen molar-refractivity contribution in [2.24, 2.45) is 0 Å². The number of carboxylic acid groups (broad SMARTS) is 2. The summed E-state index contributed by atoms with van der Waals surface area (Å²) in [4.78, 5) is 32.1. The summed E-state index contributed by atoms with van der Waals surface area (Å²) in [6.07, 6.45) is 3.11. The van der Waals surface area contributed by atoms with Crippen molar-refractivity contribution in [3.8, 4) is 0 Å². The topological polar surface area (TPSA) is 116 Å². The van der Waals surface area contributed by atoms with Gasteiger partial charge >= 0.3 is 18.0 Å². The maximum Gasteiger partial charge on any atom is 0.409 e. The van der Waals surface area contributed by atoms with Crippen LogP contribution in [0.2, 0.25) is 0 Å². The molecule has 1 aliphatic carbocycles. The van der Waals surface area contributed by atoms with Gasteiger partial charge in [-0.05, 0) is 26.8 Å². The number of hydrogen-bond donors (Lipinski definition) is 3. The normalized spacial score (nSPS) is 20.0. The zero-order chi connectivity index (χ0) is 16.4. The number of nitrogens with zero attached hydrogens (tertiary/aromatic N) is 1. The molecule has 0 aliphatic heterocycles.